The van der Waals surface area contributed by atoms with Crippen molar-refractivity contribution < 1.29 is 14.5 Å². The summed E-state index contributed by atoms with van der Waals surface area (Å²) in [5.41, 5.74) is 2.61. The number of benzene rings is 3. The number of nitro benzene ring substituents is 1. The third-order valence-electron chi connectivity index (χ3n) is 5.07. The van der Waals surface area contributed by atoms with Gasteiger partial charge in [-0.3, -0.25) is 24.6 Å². The first-order valence-electron chi connectivity index (χ1n) is 10.2. The summed E-state index contributed by atoms with van der Waals surface area (Å²) < 4.78 is 0. The molecular weight excluding hydrogens is 456 g/mol. The van der Waals surface area contributed by atoms with Crippen LogP contribution in [0.5, 0.6) is 0 Å². The SMILES string of the molecule is Cc1ccc(Sc2ccc(C=C3SC(=O)N(CCc4ccccc4)C3=O)cc2[N+](=O)[O-])cc1. The van der Waals surface area contributed by atoms with Gasteiger partial charge in [0, 0.05) is 17.5 Å². The van der Waals surface area contributed by atoms with Crippen LogP contribution in [-0.4, -0.2) is 27.5 Å². The van der Waals surface area contributed by atoms with E-state index in [1.807, 2.05) is 61.5 Å². The van der Waals surface area contributed by atoms with Gasteiger partial charge in [0.2, 0.25) is 0 Å². The maximum Gasteiger partial charge on any atom is 0.293 e. The average molecular weight is 477 g/mol. The van der Waals surface area contributed by atoms with Gasteiger partial charge in [-0.05, 0) is 60.5 Å². The van der Waals surface area contributed by atoms with Gasteiger partial charge in [0.05, 0.1) is 14.7 Å². The summed E-state index contributed by atoms with van der Waals surface area (Å²) in [6, 6.07) is 22.2. The van der Waals surface area contributed by atoms with Crippen LogP contribution in [-0.2, 0) is 11.2 Å². The number of nitro groups is 1. The van der Waals surface area contributed by atoms with E-state index < -0.39 is 4.92 Å². The normalized spacial score (nSPS) is 14.8. The van der Waals surface area contributed by atoms with Crippen LogP contribution in [0.4, 0.5) is 10.5 Å². The van der Waals surface area contributed by atoms with Crippen molar-refractivity contribution in [2.45, 2.75) is 23.1 Å². The smallest absolute Gasteiger partial charge is 0.268 e. The van der Waals surface area contributed by atoms with Crippen molar-refractivity contribution in [1.82, 2.24) is 4.90 Å². The first-order chi connectivity index (χ1) is 15.9. The van der Waals surface area contributed by atoms with Gasteiger partial charge in [0.1, 0.15) is 0 Å². The van der Waals surface area contributed by atoms with Crippen molar-refractivity contribution in [1.29, 1.82) is 0 Å². The summed E-state index contributed by atoms with van der Waals surface area (Å²) in [5, 5.41) is 11.4. The first kappa shape index (κ1) is 22.8. The Morgan fingerprint density at radius 1 is 1.03 bits per heavy atom. The second-order valence-corrected chi connectivity index (χ2v) is 9.58. The minimum atomic E-state index is -0.431. The molecule has 3 aromatic rings. The van der Waals surface area contributed by atoms with Crippen LogP contribution in [0.2, 0.25) is 0 Å². The Hall–Kier alpha value is -3.36. The van der Waals surface area contributed by atoms with Gasteiger partial charge in [-0.1, -0.05) is 65.9 Å². The highest BCUT2D eigenvalue weighted by atomic mass is 32.2. The molecule has 0 bridgehead atoms. The van der Waals surface area contributed by atoms with Crippen molar-refractivity contribution in [3.8, 4) is 0 Å². The topological polar surface area (TPSA) is 80.5 Å². The van der Waals surface area contributed by atoms with Crippen molar-refractivity contribution in [3.05, 3.63) is 105 Å². The van der Waals surface area contributed by atoms with E-state index in [4.69, 9.17) is 0 Å². The summed E-state index contributed by atoms with van der Waals surface area (Å²) >= 11 is 2.17. The number of aryl methyl sites for hydroxylation is 1. The molecule has 0 atom stereocenters. The number of imide groups is 1. The quantitative estimate of drug-likeness (QED) is 0.225. The van der Waals surface area contributed by atoms with Crippen molar-refractivity contribution in [2.75, 3.05) is 6.54 Å². The highest BCUT2D eigenvalue weighted by Crippen LogP contribution is 2.37. The van der Waals surface area contributed by atoms with E-state index in [2.05, 4.69) is 0 Å². The molecule has 1 heterocycles. The second-order valence-electron chi connectivity index (χ2n) is 7.47. The molecule has 1 aliphatic heterocycles. The summed E-state index contributed by atoms with van der Waals surface area (Å²) in [5.74, 6) is -0.373. The van der Waals surface area contributed by atoms with Gasteiger partial charge < -0.3 is 0 Å². The molecule has 0 aromatic heterocycles. The molecular formula is C25H20N2O4S2. The van der Waals surface area contributed by atoms with Crippen LogP contribution in [0, 0.1) is 17.0 Å². The van der Waals surface area contributed by atoms with Gasteiger partial charge in [-0.15, -0.1) is 0 Å². The highest BCUT2D eigenvalue weighted by molar-refractivity contribution is 8.18. The number of hydrogen-bond donors (Lipinski definition) is 0. The van der Waals surface area contributed by atoms with Crippen molar-refractivity contribution in [2.24, 2.45) is 0 Å². The monoisotopic (exact) mass is 476 g/mol. The number of carbonyl (C=O) groups is 2. The van der Waals surface area contributed by atoms with Crippen LogP contribution >= 0.6 is 23.5 Å². The van der Waals surface area contributed by atoms with Crippen molar-refractivity contribution >= 4 is 46.4 Å². The molecule has 4 rings (SSSR count). The lowest BCUT2D eigenvalue weighted by Gasteiger charge is -2.12. The summed E-state index contributed by atoms with van der Waals surface area (Å²) in [6.45, 7) is 2.27. The fourth-order valence-electron chi connectivity index (χ4n) is 3.32. The van der Waals surface area contributed by atoms with Crippen LogP contribution in [0.3, 0.4) is 0 Å². The highest BCUT2D eigenvalue weighted by Gasteiger charge is 2.34. The molecule has 0 unspecified atom stereocenters. The molecule has 0 N–H and O–H groups in total. The van der Waals surface area contributed by atoms with Gasteiger partial charge in [0.15, 0.2) is 0 Å². The minimum Gasteiger partial charge on any atom is -0.268 e. The number of rotatable bonds is 7. The predicted octanol–water partition coefficient (Wildman–Crippen LogP) is 6.33. The van der Waals surface area contributed by atoms with Crippen LogP contribution in [0.1, 0.15) is 16.7 Å². The second kappa shape index (κ2) is 10.1. The van der Waals surface area contributed by atoms with E-state index in [9.17, 15) is 19.7 Å². The molecule has 0 saturated carbocycles. The molecule has 1 fully saturated rings. The number of hydrogen-bond acceptors (Lipinski definition) is 6. The summed E-state index contributed by atoms with van der Waals surface area (Å²) in [7, 11) is 0. The molecule has 0 radical (unpaired) electrons. The van der Waals surface area contributed by atoms with Gasteiger partial charge in [-0.25, -0.2) is 0 Å². The summed E-state index contributed by atoms with van der Waals surface area (Å²) in [4.78, 5) is 39.3. The Bertz CT molecular complexity index is 1240. The molecule has 1 saturated heterocycles. The molecule has 1 aliphatic rings. The Morgan fingerprint density at radius 2 is 1.76 bits per heavy atom. The maximum absolute atomic E-state index is 12.8. The van der Waals surface area contributed by atoms with E-state index in [1.165, 1.54) is 22.7 Å². The van der Waals surface area contributed by atoms with Gasteiger partial charge in [0.25, 0.3) is 16.8 Å². The summed E-state index contributed by atoms with van der Waals surface area (Å²) in [6.07, 6.45) is 2.11. The van der Waals surface area contributed by atoms with Crippen LogP contribution in [0.15, 0.2) is 87.5 Å². The number of amides is 2. The standard InChI is InChI=1S/C25H20N2O4S2/c1-17-7-10-20(11-8-17)32-22-12-9-19(15-21(22)27(30)31)16-23-24(28)26(25(29)33-23)14-13-18-5-3-2-4-6-18/h2-12,15-16H,13-14H2,1H3. The molecule has 33 heavy (non-hydrogen) atoms. The average Bonchev–Trinajstić information content (AvgIpc) is 3.07. The Kier molecular flexibility index (Phi) is 6.96. The zero-order valence-corrected chi connectivity index (χ0v) is 19.4. The van der Waals surface area contributed by atoms with Gasteiger partial charge >= 0.3 is 0 Å². The fraction of sp³-hybridized carbons (Fsp3) is 0.120. The van der Waals surface area contributed by atoms with Crippen LogP contribution in [0.25, 0.3) is 6.08 Å². The van der Waals surface area contributed by atoms with E-state index in [0.717, 1.165) is 27.8 Å². The third-order valence-corrected chi connectivity index (χ3v) is 7.05. The lowest BCUT2D eigenvalue weighted by atomic mass is 10.1. The number of carbonyl (C=O) groups excluding carboxylic acids is 2. The van der Waals surface area contributed by atoms with Crippen LogP contribution < -0.4 is 0 Å². The first-order valence-corrected chi connectivity index (χ1v) is 11.9. The van der Waals surface area contributed by atoms with Gasteiger partial charge in [-0.2, -0.15) is 0 Å². The zero-order chi connectivity index (χ0) is 23.4. The number of nitrogens with zero attached hydrogens (tertiary/aromatic N) is 2. The Balaban J connectivity index is 1.52. The number of thioether (sulfide) groups is 1. The lowest BCUT2D eigenvalue weighted by Crippen LogP contribution is -2.30. The molecule has 8 heteroatoms. The minimum absolute atomic E-state index is 0.0439. The van der Waals surface area contributed by atoms with E-state index in [1.54, 1.807) is 18.2 Å². The third kappa shape index (κ3) is 5.53. The Morgan fingerprint density at radius 3 is 2.45 bits per heavy atom. The molecule has 0 spiro atoms. The zero-order valence-electron chi connectivity index (χ0n) is 17.8. The predicted molar refractivity (Wildman–Crippen MR) is 131 cm³/mol. The Labute approximate surface area is 199 Å². The largest absolute Gasteiger partial charge is 0.293 e. The van der Waals surface area contributed by atoms with E-state index in [0.29, 0.717) is 16.9 Å². The van der Waals surface area contributed by atoms with Crippen molar-refractivity contribution in [3.63, 3.8) is 0 Å². The molecule has 6 nitrogen and oxygen atoms in total. The molecule has 3 aromatic carbocycles. The molecule has 2 amide bonds. The van der Waals surface area contributed by atoms with E-state index >= 15 is 0 Å². The molecule has 166 valence electrons. The fourth-order valence-corrected chi connectivity index (χ4v) is 5.08. The lowest BCUT2D eigenvalue weighted by molar-refractivity contribution is -0.387. The maximum atomic E-state index is 12.8. The molecule has 0 aliphatic carbocycles. The van der Waals surface area contributed by atoms with E-state index in [-0.39, 0.29) is 28.3 Å².